The molecule has 3 heteroatoms. The summed E-state index contributed by atoms with van der Waals surface area (Å²) in [7, 11) is 0. The normalized spacial score (nSPS) is 43.6. The predicted molar refractivity (Wildman–Crippen MR) is 120 cm³/mol. The van der Waals surface area contributed by atoms with E-state index in [0.29, 0.717) is 11.8 Å². The van der Waals surface area contributed by atoms with Crippen molar-refractivity contribution in [2.45, 2.75) is 90.8 Å². The number of nitrogens with zero attached hydrogens (tertiary/aromatic N) is 1. The second kappa shape index (κ2) is 8.85. The minimum atomic E-state index is -0.370. The monoisotopic (exact) mass is 401 g/mol. The Hall–Kier alpha value is -0.640. The summed E-state index contributed by atoms with van der Waals surface area (Å²) < 4.78 is 0. The molecule has 3 aliphatic carbocycles. The lowest BCUT2D eigenvalue weighted by Gasteiger charge is -2.45. The maximum absolute atomic E-state index is 9.98. The molecule has 0 amide bonds. The van der Waals surface area contributed by atoms with Crippen molar-refractivity contribution in [3.63, 3.8) is 0 Å². The third-order valence-corrected chi connectivity index (χ3v) is 8.85. The molecule has 3 saturated carbocycles. The van der Waals surface area contributed by atoms with E-state index in [9.17, 15) is 10.2 Å². The van der Waals surface area contributed by atoms with Crippen LogP contribution >= 0.6 is 0 Å². The molecule has 0 radical (unpaired) electrons. The van der Waals surface area contributed by atoms with Gasteiger partial charge in [0.2, 0.25) is 0 Å². The van der Waals surface area contributed by atoms with Gasteiger partial charge in [0.25, 0.3) is 0 Å². The minimum Gasteiger partial charge on any atom is -0.393 e. The Labute approximate surface area is 178 Å². The molecule has 4 fully saturated rings. The lowest BCUT2D eigenvalue weighted by molar-refractivity contribution is 0.0609. The first kappa shape index (κ1) is 21.6. The van der Waals surface area contributed by atoms with E-state index in [-0.39, 0.29) is 12.2 Å². The molecular weight excluding hydrogens is 358 g/mol. The Morgan fingerprint density at radius 3 is 2.59 bits per heavy atom. The van der Waals surface area contributed by atoms with Gasteiger partial charge in [-0.25, -0.2) is 0 Å². The highest BCUT2D eigenvalue weighted by molar-refractivity contribution is 5.26. The van der Waals surface area contributed by atoms with Crippen LogP contribution in [0.2, 0.25) is 0 Å². The van der Waals surface area contributed by atoms with Gasteiger partial charge in [-0.1, -0.05) is 44.1 Å². The maximum atomic E-state index is 9.98. The van der Waals surface area contributed by atoms with Gasteiger partial charge in [-0.2, -0.15) is 0 Å². The number of rotatable bonds is 4. The lowest BCUT2D eigenvalue weighted by Crippen LogP contribution is -2.39. The van der Waals surface area contributed by atoms with Crippen LogP contribution in [0.5, 0.6) is 0 Å². The molecule has 0 spiro atoms. The first-order valence-electron chi connectivity index (χ1n) is 12.3. The Bertz CT molecular complexity index is 629. The van der Waals surface area contributed by atoms with Gasteiger partial charge in [-0.05, 0) is 93.4 Å². The van der Waals surface area contributed by atoms with Gasteiger partial charge in [-0.15, -0.1) is 0 Å². The third kappa shape index (κ3) is 4.67. The minimum absolute atomic E-state index is 0.370. The quantitative estimate of drug-likeness (QED) is 0.701. The zero-order chi connectivity index (χ0) is 20.6. The molecule has 29 heavy (non-hydrogen) atoms. The van der Waals surface area contributed by atoms with E-state index in [2.05, 4.69) is 37.8 Å². The molecule has 164 valence electrons. The summed E-state index contributed by atoms with van der Waals surface area (Å²) in [5.41, 5.74) is 3.33. The van der Waals surface area contributed by atoms with Crippen molar-refractivity contribution in [3.8, 4) is 0 Å². The van der Waals surface area contributed by atoms with Crippen LogP contribution in [0.3, 0.4) is 0 Å². The fourth-order valence-corrected chi connectivity index (χ4v) is 7.47. The summed E-state index contributed by atoms with van der Waals surface area (Å²) in [5.74, 6) is 3.24. The Balaban J connectivity index is 1.44. The Morgan fingerprint density at radius 1 is 1.14 bits per heavy atom. The molecule has 1 saturated heterocycles. The number of likely N-dealkylation sites (tertiary alicyclic amines) is 1. The van der Waals surface area contributed by atoms with Gasteiger partial charge in [-0.3, -0.25) is 0 Å². The van der Waals surface area contributed by atoms with Crippen LogP contribution < -0.4 is 0 Å². The second-order valence-electron chi connectivity index (χ2n) is 11.2. The lowest BCUT2D eigenvalue weighted by atomic mass is 9.61. The summed E-state index contributed by atoms with van der Waals surface area (Å²) in [5, 5.41) is 20.0. The number of allylic oxidation sites excluding steroid dienone is 3. The molecule has 7 atom stereocenters. The summed E-state index contributed by atoms with van der Waals surface area (Å²) in [6.07, 6.45) is 13.9. The van der Waals surface area contributed by atoms with Crippen LogP contribution in [0.25, 0.3) is 0 Å². The molecule has 2 N–H and O–H groups in total. The van der Waals surface area contributed by atoms with Crippen LogP contribution in [0, 0.1) is 29.1 Å². The molecule has 0 aromatic carbocycles. The molecule has 0 aromatic heterocycles. The van der Waals surface area contributed by atoms with Crippen molar-refractivity contribution in [1.82, 2.24) is 4.90 Å². The number of aliphatic hydroxyl groups is 2. The van der Waals surface area contributed by atoms with Crippen molar-refractivity contribution >= 4 is 0 Å². The second-order valence-corrected chi connectivity index (χ2v) is 11.2. The van der Waals surface area contributed by atoms with Crippen molar-refractivity contribution in [3.05, 3.63) is 23.3 Å². The van der Waals surface area contributed by atoms with E-state index < -0.39 is 0 Å². The van der Waals surface area contributed by atoms with E-state index in [1.807, 2.05) is 0 Å². The first-order valence-corrected chi connectivity index (χ1v) is 12.3. The molecule has 4 rings (SSSR count). The highest BCUT2D eigenvalue weighted by atomic mass is 16.3. The summed E-state index contributed by atoms with van der Waals surface area (Å²) in [6, 6.07) is 0. The third-order valence-electron chi connectivity index (χ3n) is 8.85. The van der Waals surface area contributed by atoms with Crippen molar-refractivity contribution in [2.75, 3.05) is 19.6 Å². The number of hydrogen-bond donors (Lipinski definition) is 2. The van der Waals surface area contributed by atoms with Crippen molar-refractivity contribution in [1.29, 1.82) is 0 Å². The van der Waals surface area contributed by atoms with E-state index in [4.69, 9.17) is 0 Å². The number of aliphatic hydroxyl groups excluding tert-OH is 2. The molecule has 1 unspecified atom stereocenters. The molecular formula is C26H43NO2. The molecule has 0 aromatic rings. The molecule has 4 aliphatic rings. The molecule has 3 nitrogen and oxygen atoms in total. The van der Waals surface area contributed by atoms with E-state index >= 15 is 0 Å². The van der Waals surface area contributed by atoms with Gasteiger partial charge in [0.1, 0.15) is 0 Å². The average molecular weight is 402 g/mol. The standard InChI is InChI=1S/C26H43NO2/c1-18-10-12-27(16-18)17-19(2)24-8-9-25-21(5-4-11-26(24,25)3)7-6-20-13-22(28)15-23(29)14-20/h6-7,18-19,22-25,28-29H,4-5,8-17H2,1-3H3/b21-7+/t18-,19?,22-,23-,24-,25+,26-/m1/s1. The predicted octanol–water partition coefficient (Wildman–Crippen LogP) is 4.94. The van der Waals surface area contributed by atoms with Crippen LogP contribution in [0.1, 0.15) is 78.6 Å². The molecule has 0 bridgehead atoms. The molecule has 1 heterocycles. The van der Waals surface area contributed by atoms with Crippen LogP contribution in [-0.4, -0.2) is 47.0 Å². The highest BCUT2D eigenvalue weighted by Crippen LogP contribution is 2.59. The van der Waals surface area contributed by atoms with Crippen molar-refractivity contribution < 1.29 is 10.2 Å². The topological polar surface area (TPSA) is 43.7 Å². The number of hydrogen-bond acceptors (Lipinski definition) is 3. The van der Waals surface area contributed by atoms with E-state index in [1.54, 1.807) is 5.57 Å². The van der Waals surface area contributed by atoms with Gasteiger partial charge in [0.05, 0.1) is 12.2 Å². The zero-order valence-electron chi connectivity index (χ0n) is 18.9. The van der Waals surface area contributed by atoms with Gasteiger partial charge < -0.3 is 15.1 Å². The van der Waals surface area contributed by atoms with Crippen LogP contribution in [-0.2, 0) is 0 Å². The van der Waals surface area contributed by atoms with Crippen LogP contribution in [0.4, 0.5) is 0 Å². The van der Waals surface area contributed by atoms with Gasteiger partial charge >= 0.3 is 0 Å². The van der Waals surface area contributed by atoms with Gasteiger partial charge in [0.15, 0.2) is 0 Å². The fraction of sp³-hybridized carbons (Fsp3) is 0.846. The SMILES string of the molecule is CC(CN1CC[C@@H](C)C1)[C@H]1CC[C@H]2/C(=C/C=C3C[C@@H](O)C[C@H](O)C3)CCC[C@]12C. The Morgan fingerprint density at radius 2 is 1.90 bits per heavy atom. The van der Waals surface area contributed by atoms with Gasteiger partial charge in [0, 0.05) is 13.1 Å². The first-order chi connectivity index (χ1) is 13.8. The largest absolute Gasteiger partial charge is 0.393 e. The fourth-order valence-electron chi connectivity index (χ4n) is 7.47. The van der Waals surface area contributed by atoms with E-state index in [0.717, 1.165) is 36.5 Å². The summed E-state index contributed by atoms with van der Waals surface area (Å²) >= 11 is 0. The Kier molecular flexibility index (Phi) is 6.58. The summed E-state index contributed by atoms with van der Waals surface area (Å²) in [6.45, 7) is 11.4. The zero-order valence-corrected chi connectivity index (χ0v) is 18.9. The van der Waals surface area contributed by atoms with Crippen LogP contribution in [0.15, 0.2) is 23.3 Å². The summed E-state index contributed by atoms with van der Waals surface area (Å²) in [4.78, 5) is 2.72. The highest BCUT2D eigenvalue weighted by Gasteiger charge is 2.50. The number of fused-ring (bicyclic) bond motifs is 1. The average Bonchev–Trinajstić information content (AvgIpc) is 3.21. The smallest absolute Gasteiger partial charge is 0.0602 e. The van der Waals surface area contributed by atoms with Crippen molar-refractivity contribution in [2.24, 2.45) is 29.1 Å². The van der Waals surface area contributed by atoms with E-state index in [1.165, 1.54) is 63.7 Å². The maximum Gasteiger partial charge on any atom is 0.0602 e. The molecule has 1 aliphatic heterocycles.